The lowest BCUT2D eigenvalue weighted by Crippen LogP contribution is -3.15. The maximum atomic E-state index is 4.78. The number of benzene rings is 4. The number of hydrogen-bond acceptors (Lipinski definition) is 3. The molecule has 0 bridgehead atoms. The van der Waals surface area contributed by atoms with Crippen LogP contribution in [0.1, 0.15) is 22.7 Å². The van der Waals surface area contributed by atoms with Gasteiger partial charge in [-0.05, 0) is 6.92 Å². The van der Waals surface area contributed by atoms with Crippen LogP contribution in [0.25, 0.3) is 22.0 Å². The number of nitrogens with zero attached hydrogens (tertiary/aromatic N) is 3. The van der Waals surface area contributed by atoms with Gasteiger partial charge < -0.3 is 9.80 Å². The molecule has 1 N–H and O–H groups in total. The highest BCUT2D eigenvalue weighted by Gasteiger charge is 2.31. The number of anilines is 1. The van der Waals surface area contributed by atoms with Crippen LogP contribution in [0.2, 0.25) is 0 Å². The Morgan fingerprint density at radius 3 is 1.81 bits per heavy atom. The fraction of sp³-hybridized carbons (Fsp3) is 0.188. The molecule has 1 fully saturated rings. The van der Waals surface area contributed by atoms with Gasteiger partial charge in [0.1, 0.15) is 11.7 Å². The Hall–Kier alpha value is -4.02. The van der Waals surface area contributed by atoms with Crippen molar-refractivity contribution >= 4 is 16.6 Å². The lowest BCUT2D eigenvalue weighted by atomic mass is 9.96. The van der Waals surface area contributed by atoms with Gasteiger partial charge >= 0.3 is 0 Å². The molecule has 1 aliphatic heterocycles. The highest BCUT2D eigenvalue weighted by atomic mass is 15.3. The number of nitrogens with one attached hydrogen (secondary N) is 1. The Balaban J connectivity index is 1.29. The number of quaternary nitrogens is 1. The molecule has 36 heavy (non-hydrogen) atoms. The fourth-order valence-corrected chi connectivity index (χ4v) is 5.50. The summed E-state index contributed by atoms with van der Waals surface area (Å²) in [4.78, 5) is 4.02. The minimum absolute atomic E-state index is 0.335. The average Bonchev–Trinajstić information content (AvgIpc) is 2.95. The lowest BCUT2D eigenvalue weighted by Gasteiger charge is -2.37. The molecule has 4 heteroatoms. The zero-order chi connectivity index (χ0) is 24.3. The van der Waals surface area contributed by atoms with E-state index in [1.54, 1.807) is 4.90 Å². The smallest absolute Gasteiger partial charge is 0.159 e. The topological polar surface area (TPSA) is 33.5 Å². The molecular formula is C32H31N4+. The van der Waals surface area contributed by atoms with Crippen LogP contribution in [-0.2, 0) is 0 Å². The van der Waals surface area contributed by atoms with Gasteiger partial charge in [-0.15, -0.1) is 10.2 Å². The number of rotatable bonds is 5. The van der Waals surface area contributed by atoms with Crippen molar-refractivity contribution in [3.63, 3.8) is 0 Å². The molecule has 4 aromatic carbocycles. The molecule has 5 aromatic rings. The zero-order valence-electron chi connectivity index (χ0n) is 20.6. The molecule has 0 radical (unpaired) electrons. The summed E-state index contributed by atoms with van der Waals surface area (Å²) < 4.78 is 0. The van der Waals surface area contributed by atoms with E-state index >= 15 is 0 Å². The molecule has 1 aliphatic rings. The van der Waals surface area contributed by atoms with Crippen LogP contribution in [0, 0.1) is 6.92 Å². The van der Waals surface area contributed by atoms with Crippen molar-refractivity contribution in [3.05, 3.63) is 126 Å². The molecule has 1 saturated heterocycles. The summed E-state index contributed by atoms with van der Waals surface area (Å²) in [5, 5.41) is 11.8. The summed E-state index contributed by atoms with van der Waals surface area (Å²) in [6, 6.07) is 39.3. The van der Waals surface area contributed by atoms with Gasteiger partial charge in [0.05, 0.1) is 26.2 Å². The molecule has 0 spiro atoms. The monoisotopic (exact) mass is 471 g/mol. The number of aromatic nitrogens is 2. The molecule has 0 saturated carbocycles. The van der Waals surface area contributed by atoms with Gasteiger partial charge in [-0.1, -0.05) is 115 Å². The quantitative estimate of drug-likeness (QED) is 0.387. The van der Waals surface area contributed by atoms with E-state index in [1.165, 1.54) is 22.1 Å². The van der Waals surface area contributed by atoms with Gasteiger partial charge in [0, 0.05) is 27.5 Å². The molecule has 0 unspecified atom stereocenters. The zero-order valence-corrected chi connectivity index (χ0v) is 20.6. The van der Waals surface area contributed by atoms with Crippen LogP contribution in [0.4, 0.5) is 5.82 Å². The highest BCUT2D eigenvalue weighted by Crippen LogP contribution is 2.31. The van der Waals surface area contributed by atoms with Crippen molar-refractivity contribution < 1.29 is 4.90 Å². The first kappa shape index (κ1) is 22.4. The Kier molecular flexibility index (Phi) is 6.18. The van der Waals surface area contributed by atoms with Gasteiger partial charge in [0.2, 0.25) is 0 Å². The van der Waals surface area contributed by atoms with E-state index in [-0.39, 0.29) is 0 Å². The van der Waals surface area contributed by atoms with Crippen molar-refractivity contribution in [3.8, 4) is 11.3 Å². The minimum atomic E-state index is 0.335. The first-order valence-electron chi connectivity index (χ1n) is 12.8. The molecule has 4 nitrogen and oxygen atoms in total. The summed E-state index contributed by atoms with van der Waals surface area (Å²) in [6.07, 6.45) is 0. The third-order valence-corrected chi connectivity index (χ3v) is 7.37. The summed E-state index contributed by atoms with van der Waals surface area (Å²) in [7, 11) is 0. The second-order valence-electron chi connectivity index (χ2n) is 9.68. The Morgan fingerprint density at radius 1 is 0.639 bits per heavy atom. The molecule has 1 aromatic heterocycles. The van der Waals surface area contributed by atoms with Gasteiger partial charge in [-0.2, -0.15) is 0 Å². The van der Waals surface area contributed by atoms with E-state index < -0.39 is 0 Å². The molecule has 6 rings (SSSR count). The van der Waals surface area contributed by atoms with Gasteiger partial charge in [0.25, 0.3) is 0 Å². The number of fused-ring (bicyclic) bond motifs is 1. The standard InChI is InChI=1S/C32H30N4/c1-24-16-18-25(19-17-24)30-28-14-8-9-15-29(28)32(34-33-30)36-22-20-35(21-23-36)31(26-10-4-2-5-11-26)27-12-6-3-7-13-27/h2-19,31H,20-23H2,1H3/p+1. The van der Waals surface area contributed by atoms with E-state index in [0.717, 1.165) is 48.6 Å². The predicted molar refractivity (Wildman–Crippen MR) is 147 cm³/mol. The van der Waals surface area contributed by atoms with Crippen LogP contribution in [0.15, 0.2) is 109 Å². The van der Waals surface area contributed by atoms with Gasteiger partial charge in [0.15, 0.2) is 5.82 Å². The molecule has 2 heterocycles. The number of hydrogen-bond donors (Lipinski definition) is 1. The van der Waals surface area contributed by atoms with Crippen molar-refractivity contribution in [1.29, 1.82) is 0 Å². The van der Waals surface area contributed by atoms with Crippen LogP contribution in [0.5, 0.6) is 0 Å². The van der Waals surface area contributed by atoms with Crippen LogP contribution < -0.4 is 9.80 Å². The average molecular weight is 472 g/mol. The highest BCUT2D eigenvalue weighted by molar-refractivity contribution is 6.00. The maximum absolute atomic E-state index is 4.78. The Labute approximate surface area is 212 Å². The molecular weight excluding hydrogens is 440 g/mol. The van der Waals surface area contributed by atoms with Crippen molar-refractivity contribution in [2.75, 3.05) is 31.1 Å². The fourth-order valence-electron chi connectivity index (χ4n) is 5.50. The third kappa shape index (κ3) is 4.36. The summed E-state index contributed by atoms with van der Waals surface area (Å²) in [6.45, 7) is 6.11. The lowest BCUT2D eigenvalue weighted by molar-refractivity contribution is -0.926. The Morgan fingerprint density at radius 2 is 1.19 bits per heavy atom. The van der Waals surface area contributed by atoms with E-state index in [2.05, 4.69) is 121 Å². The second kappa shape index (κ2) is 9.92. The number of piperazine rings is 1. The summed E-state index contributed by atoms with van der Waals surface area (Å²) in [5.74, 6) is 0.997. The van der Waals surface area contributed by atoms with Crippen LogP contribution in [0.3, 0.4) is 0 Å². The molecule has 0 atom stereocenters. The predicted octanol–water partition coefficient (Wildman–Crippen LogP) is 5.10. The Bertz CT molecular complexity index is 1400. The first-order valence-corrected chi connectivity index (χ1v) is 12.8. The van der Waals surface area contributed by atoms with E-state index in [1.807, 2.05) is 0 Å². The summed E-state index contributed by atoms with van der Waals surface area (Å²) >= 11 is 0. The molecule has 178 valence electrons. The van der Waals surface area contributed by atoms with Crippen LogP contribution in [-0.4, -0.2) is 36.4 Å². The van der Waals surface area contributed by atoms with Crippen molar-refractivity contribution in [1.82, 2.24) is 10.2 Å². The van der Waals surface area contributed by atoms with E-state index in [4.69, 9.17) is 10.2 Å². The number of aryl methyl sites for hydroxylation is 1. The van der Waals surface area contributed by atoms with Gasteiger partial charge in [-0.25, -0.2) is 0 Å². The van der Waals surface area contributed by atoms with Crippen molar-refractivity contribution in [2.24, 2.45) is 0 Å². The first-order chi connectivity index (χ1) is 17.8. The van der Waals surface area contributed by atoms with Gasteiger partial charge in [-0.3, -0.25) is 0 Å². The van der Waals surface area contributed by atoms with E-state index in [0.29, 0.717) is 6.04 Å². The SMILES string of the molecule is Cc1ccc(-c2nnc(N3CC[NH+](C(c4ccccc4)c4ccccc4)CC3)c3ccccc23)cc1. The molecule has 0 aliphatic carbocycles. The largest absolute Gasteiger partial charge is 0.343 e. The minimum Gasteiger partial charge on any atom is -0.343 e. The summed E-state index contributed by atoms with van der Waals surface area (Å²) in [5.41, 5.74) is 6.06. The second-order valence-corrected chi connectivity index (χ2v) is 9.68. The normalized spacial score (nSPS) is 14.4. The molecule has 0 amide bonds. The maximum Gasteiger partial charge on any atom is 0.159 e. The van der Waals surface area contributed by atoms with Crippen LogP contribution >= 0.6 is 0 Å². The van der Waals surface area contributed by atoms with E-state index in [9.17, 15) is 0 Å². The third-order valence-electron chi connectivity index (χ3n) is 7.37. The van der Waals surface area contributed by atoms with Crippen molar-refractivity contribution in [2.45, 2.75) is 13.0 Å².